The maximum Gasteiger partial charge on any atom is 0.0966 e. The van der Waals surface area contributed by atoms with E-state index in [1.807, 2.05) is 18.2 Å². The Morgan fingerprint density at radius 2 is 1.45 bits per heavy atom. The summed E-state index contributed by atoms with van der Waals surface area (Å²) in [7, 11) is 0. The van der Waals surface area contributed by atoms with Crippen LogP contribution in [-0.4, -0.2) is 16.2 Å². The van der Waals surface area contributed by atoms with Gasteiger partial charge in [0.2, 0.25) is 0 Å². The van der Waals surface area contributed by atoms with E-state index in [1.54, 1.807) is 17.8 Å². The Morgan fingerprint density at radius 1 is 0.862 bits per heavy atom. The van der Waals surface area contributed by atoms with Crippen LogP contribution in [0.2, 0.25) is 0 Å². The Hall–Kier alpha value is -1.17. The third-order valence-corrected chi connectivity index (χ3v) is 5.66. The number of aromatic nitrogens is 2. The predicted octanol–water partition coefficient (Wildman–Crippen LogP) is 6.60. The molecule has 4 rings (SSSR count). The smallest absolute Gasteiger partial charge is 0.0966 e. The molecule has 0 amide bonds. The average molecular weight is 482 g/mol. The molecule has 0 aliphatic heterocycles. The van der Waals surface area contributed by atoms with Gasteiger partial charge in [0.15, 0.2) is 0 Å². The standard InChI is InChI=1S/C15H13N4S.C8H16.Y/c1-20-12-5-3-11(4-6-12)19-15-13-8-10(16)2-7-14(13)17-9-18-15;1-2-4-6-8-7-5-3-1;/h2-7,9H,16H2,1H3,(H,17,18,19);1-8H2;/q-1;;. The van der Waals surface area contributed by atoms with E-state index in [4.69, 9.17) is 5.73 Å². The van der Waals surface area contributed by atoms with E-state index in [1.165, 1.54) is 62.6 Å². The number of fused-ring (bicyclic) bond motifs is 1. The van der Waals surface area contributed by atoms with Crippen LogP contribution in [0.3, 0.4) is 0 Å². The van der Waals surface area contributed by atoms with Crippen molar-refractivity contribution in [2.24, 2.45) is 0 Å². The van der Waals surface area contributed by atoms with Crippen LogP contribution in [0.25, 0.3) is 10.9 Å². The second-order valence-electron chi connectivity index (χ2n) is 7.08. The van der Waals surface area contributed by atoms with Gasteiger partial charge in [0.25, 0.3) is 0 Å². The van der Waals surface area contributed by atoms with Crippen molar-refractivity contribution in [3.05, 3.63) is 48.8 Å². The van der Waals surface area contributed by atoms with Crippen molar-refractivity contribution in [2.45, 2.75) is 56.3 Å². The number of hydrogen-bond donors (Lipinski definition) is 2. The molecule has 6 heteroatoms. The van der Waals surface area contributed by atoms with Crippen molar-refractivity contribution in [3.8, 4) is 0 Å². The molecule has 2 aromatic carbocycles. The van der Waals surface area contributed by atoms with E-state index in [-0.39, 0.29) is 32.7 Å². The van der Waals surface area contributed by atoms with Crippen molar-refractivity contribution < 1.29 is 32.7 Å². The summed E-state index contributed by atoms with van der Waals surface area (Å²) in [5, 5.41) is 4.07. The number of anilines is 3. The molecule has 1 aliphatic carbocycles. The molecule has 29 heavy (non-hydrogen) atoms. The summed E-state index contributed by atoms with van der Waals surface area (Å²) in [6.45, 7) is 0. The molecule has 0 unspecified atom stereocenters. The van der Waals surface area contributed by atoms with E-state index in [0.29, 0.717) is 11.5 Å². The Labute approximate surface area is 203 Å². The van der Waals surface area contributed by atoms with Crippen molar-refractivity contribution in [3.63, 3.8) is 0 Å². The zero-order valence-corrected chi connectivity index (χ0v) is 20.8. The molecule has 1 aliphatic rings. The summed E-state index contributed by atoms with van der Waals surface area (Å²) in [6.07, 6.45) is 15.6. The van der Waals surface area contributed by atoms with Crippen LogP contribution in [0.4, 0.5) is 17.2 Å². The number of rotatable bonds is 3. The third kappa shape index (κ3) is 7.88. The SMILES string of the molecule is C1CCCCCCC1.CSc1ccc(Nc2ncnc3ccc(N)[c-]c23)cc1.[Y]. The van der Waals surface area contributed by atoms with E-state index >= 15 is 0 Å². The average Bonchev–Trinajstić information content (AvgIpc) is 2.69. The van der Waals surface area contributed by atoms with Crippen LogP contribution >= 0.6 is 11.8 Å². The maximum absolute atomic E-state index is 5.78. The van der Waals surface area contributed by atoms with Gasteiger partial charge in [-0.2, -0.15) is 0 Å². The molecule has 0 bridgehead atoms. The normalized spacial score (nSPS) is 14.0. The van der Waals surface area contributed by atoms with E-state index in [0.717, 1.165) is 16.6 Å². The van der Waals surface area contributed by atoms with E-state index in [2.05, 4.69) is 39.7 Å². The van der Waals surface area contributed by atoms with Crippen LogP contribution in [0.1, 0.15) is 51.4 Å². The van der Waals surface area contributed by atoms with Crippen molar-refractivity contribution in [2.75, 3.05) is 17.3 Å². The molecule has 1 fully saturated rings. The van der Waals surface area contributed by atoms with Crippen molar-refractivity contribution >= 4 is 39.9 Å². The van der Waals surface area contributed by atoms with Gasteiger partial charge in [-0.25, -0.2) is 0 Å². The van der Waals surface area contributed by atoms with Gasteiger partial charge in [-0.05, 0) is 36.0 Å². The summed E-state index contributed by atoms with van der Waals surface area (Å²) < 4.78 is 0. The molecule has 3 aromatic rings. The Bertz CT molecular complexity index is 846. The molecule has 0 atom stereocenters. The minimum Gasteiger partial charge on any atom is -0.414 e. The van der Waals surface area contributed by atoms with Gasteiger partial charge in [-0.1, -0.05) is 62.4 Å². The van der Waals surface area contributed by atoms with Crippen LogP contribution < -0.4 is 11.1 Å². The van der Waals surface area contributed by atoms with Gasteiger partial charge in [0, 0.05) is 43.3 Å². The molecule has 0 spiro atoms. The number of nitrogens with one attached hydrogen (secondary N) is 1. The van der Waals surface area contributed by atoms with Gasteiger partial charge >= 0.3 is 0 Å². The Kier molecular flexibility index (Phi) is 11.0. The third-order valence-electron chi connectivity index (χ3n) is 4.92. The van der Waals surface area contributed by atoms with Crippen LogP contribution in [0.5, 0.6) is 0 Å². The first-order valence-electron chi connectivity index (χ1n) is 10.1. The van der Waals surface area contributed by atoms with Crippen LogP contribution in [0, 0.1) is 6.07 Å². The monoisotopic (exact) mass is 482 g/mol. The Balaban J connectivity index is 0.000000283. The number of nitrogen functional groups attached to an aromatic ring is 1. The minimum atomic E-state index is 0. The molecule has 1 aromatic heterocycles. The van der Waals surface area contributed by atoms with Crippen LogP contribution in [0.15, 0.2) is 47.6 Å². The second-order valence-corrected chi connectivity index (χ2v) is 7.96. The summed E-state index contributed by atoms with van der Waals surface area (Å²) in [5.41, 5.74) is 8.15. The molecular weight excluding hydrogens is 453 g/mol. The summed E-state index contributed by atoms with van der Waals surface area (Å²) in [4.78, 5) is 9.70. The zero-order valence-electron chi connectivity index (χ0n) is 17.2. The van der Waals surface area contributed by atoms with E-state index < -0.39 is 0 Å². The fourth-order valence-electron chi connectivity index (χ4n) is 3.32. The molecule has 1 heterocycles. The minimum absolute atomic E-state index is 0. The topological polar surface area (TPSA) is 63.8 Å². The Morgan fingerprint density at radius 3 is 2.00 bits per heavy atom. The fraction of sp³-hybridized carbons (Fsp3) is 0.391. The second kappa shape index (κ2) is 13.2. The van der Waals surface area contributed by atoms with Crippen molar-refractivity contribution in [1.29, 1.82) is 0 Å². The molecular formula is C23H29N4SY-. The number of nitrogens with two attached hydrogens (primary N) is 1. The van der Waals surface area contributed by atoms with Crippen molar-refractivity contribution in [1.82, 2.24) is 9.97 Å². The number of hydrogen-bond acceptors (Lipinski definition) is 5. The predicted molar refractivity (Wildman–Crippen MR) is 121 cm³/mol. The summed E-state index contributed by atoms with van der Waals surface area (Å²) in [6, 6.07) is 14.9. The first-order valence-corrected chi connectivity index (χ1v) is 11.3. The van der Waals surface area contributed by atoms with Crippen LogP contribution in [-0.2, 0) is 32.7 Å². The largest absolute Gasteiger partial charge is 0.414 e. The molecule has 3 N–H and O–H groups in total. The number of benzene rings is 2. The zero-order chi connectivity index (χ0) is 19.6. The molecule has 1 radical (unpaired) electrons. The quantitative estimate of drug-likeness (QED) is 0.250. The number of nitrogens with zero attached hydrogens (tertiary/aromatic N) is 2. The summed E-state index contributed by atoms with van der Waals surface area (Å²) in [5.74, 6) is 0.708. The molecule has 4 nitrogen and oxygen atoms in total. The van der Waals surface area contributed by atoms with Gasteiger partial charge in [-0.15, -0.1) is 30.0 Å². The fourth-order valence-corrected chi connectivity index (χ4v) is 3.73. The van der Waals surface area contributed by atoms with Gasteiger partial charge < -0.3 is 11.1 Å². The first-order chi connectivity index (χ1) is 13.8. The maximum atomic E-state index is 5.78. The summed E-state index contributed by atoms with van der Waals surface area (Å²) >= 11 is 1.71. The van der Waals surface area contributed by atoms with E-state index in [9.17, 15) is 0 Å². The van der Waals surface area contributed by atoms with Gasteiger partial charge in [0.05, 0.1) is 12.1 Å². The molecule has 151 valence electrons. The first kappa shape index (κ1) is 24.1. The molecule has 0 saturated heterocycles. The number of thioether (sulfide) groups is 1. The molecule has 1 saturated carbocycles. The van der Waals surface area contributed by atoms with Gasteiger partial charge in [0.1, 0.15) is 0 Å². The van der Waals surface area contributed by atoms with Gasteiger partial charge in [-0.3, -0.25) is 9.97 Å².